The minimum atomic E-state index is -2.34. The molecule has 7 rings (SSSR count). The van der Waals surface area contributed by atoms with Gasteiger partial charge in [0.05, 0.1) is 24.4 Å². The van der Waals surface area contributed by atoms with Crippen LogP contribution >= 0.6 is 11.6 Å². The zero-order valence-electron chi connectivity index (χ0n) is 30.8. The summed E-state index contributed by atoms with van der Waals surface area (Å²) in [5, 5.41) is 24.0. The smallest absolute Gasteiger partial charge is 0.257 e. The van der Waals surface area contributed by atoms with Crippen molar-refractivity contribution in [2.24, 2.45) is 5.92 Å². The van der Waals surface area contributed by atoms with Gasteiger partial charge in [-0.3, -0.25) is 4.79 Å². The summed E-state index contributed by atoms with van der Waals surface area (Å²) in [5.74, 6) is -12.6. The van der Waals surface area contributed by atoms with E-state index in [2.05, 4.69) is 17.1 Å². The summed E-state index contributed by atoms with van der Waals surface area (Å²) in [6, 6.07) is 29.5. The zero-order chi connectivity index (χ0) is 40.4. The molecule has 0 bridgehead atoms. The van der Waals surface area contributed by atoms with Gasteiger partial charge in [-0.05, 0) is 64.4 Å². The van der Waals surface area contributed by atoms with E-state index in [1.807, 2.05) is 66.7 Å². The maximum atomic E-state index is 14.2. The van der Waals surface area contributed by atoms with E-state index in [-0.39, 0.29) is 31.3 Å². The number of amides is 1. The lowest BCUT2D eigenvalue weighted by Gasteiger charge is -2.45. The SMILES string of the molecule is CC1C(CN2CCC(O)(c3ccc(Cl)cc3)CC2)OC(c2ccc(-c3cccc(CNC(=O)c4c(F)c(F)c(F)c(F)c4F)c3)cc2)OC1c1ccc(CO)cc1. The van der Waals surface area contributed by atoms with Crippen LogP contribution in [-0.2, 0) is 28.2 Å². The number of likely N-dealkylation sites (tertiary alicyclic amines) is 1. The van der Waals surface area contributed by atoms with Crippen molar-refractivity contribution >= 4 is 17.5 Å². The number of carbonyl (C=O) groups is 1. The van der Waals surface area contributed by atoms with Crippen molar-refractivity contribution in [1.82, 2.24) is 10.2 Å². The minimum absolute atomic E-state index is 0.0464. The molecular formula is C44H40ClF5N2O5. The monoisotopic (exact) mass is 806 g/mol. The molecule has 0 aromatic heterocycles. The number of aliphatic hydroxyl groups excluding tert-OH is 1. The van der Waals surface area contributed by atoms with E-state index in [9.17, 15) is 37.0 Å². The summed E-state index contributed by atoms with van der Waals surface area (Å²) >= 11 is 6.08. The number of nitrogens with zero attached hydrogens (tertiary/aromatic N) is 1. The molecule has 2 fully saturated rings. The molecule has 5 aromatic carbocycles. The van der Waals surface area contributed by atoms with Crippen LogP contribution in [0.25, 0.3) is 11.1 Å². The van der Waals surface area contributed by atoms with E-state index in [0.29, 0.717) is 43.1 Å². The molecular weight excluding hydrogens is 767 g/mol. The van der Waals surface area contributed by atoms with Crippen LogP contribution in [0, 0.1) is 35.0 Å². The standard InChI is InChI=1S/C44H40ClF5N2O5/c1-25-34(23-52-19-17-44(55,18-20-52)32-13-15-33(45)16-14-32)56-43(57-41(25)29-7-5-26(24-53)6-8-29)30-11-9-28(10-12-30)31-4-2-3-27(21-31)22-51-42(54)35-36(46)38(48)40(50)39(49)37(35)47/h2-16,21,25,34,41,43,53,55H,17-20,22-24H2,1H3,(H,51,54). The molecule has 0 radical (unpaired) electrons. The average molecular weight is 807 g/mol. The number of ether oxygens (including phenoxy) is 2. The second-order valence-corrected chi connectivity index (χ2v) is 15.0. The molecule has 57 heavy (non-hydrogen) atoms. The number of hydrogen-bond donors (Lipinski definition) is 3. The van der Waals surface area contributed by atoms with Crippen LogP contribution in [0.5, 0.6) is 0 Å². The Labute approximate surface area is 331 Å². The Morgan fingerprint density at radius 3 is 2.04 bits per heavy atom. The van der Waals surface area contributed by atoms with Crippen LogP contribution in [0.4, 0.5) is 22.0 Å². The van der Waals surface area contributed by atoms with Gasteiger partial charge in [-0.15, -0.1) is 0 Å². The molecule has 4 unspecified atom stereocenters. The third-order valence-corrected chi connectivity index (χ3v) is 11.2. The van der Waals surface area contributed by atoms with Crippen LogP contribution in [0.3, 0.4) is 0 Å². The maximum Gasteiger partial charge on any atom is 0.257 e. The van der Waals surface area contributed by atoms with Crippen molar-refractivity contribution < 1.29 is 46.4 Å². The van der Waals surface area contributed by atoms with E-state index in [0.717, 1.165) is 33.4 Å². The van der Waals surface area contributed by atoms with Crippen LogP contribution in [0.2, 0.25) is 5.02 Å². The number of piperidine rings is 1. The first kappa shape index (κ1) is 40.5. The second kappa shape index (κ2) is 17.0. The van der Waals surface area contributed by atoms with Gasteiger partial charge < -0.3 is 29.9 Å². The fourth-order valence-corrected chi connectivity index (χ4v) is 7.63. The van der Waals surface area contributed by atoms with E-state index >= 15 is 0 Å². The Bertz CT molecular complexity index is 2190. The van der Waals surface area contributed by atoms with Gasteiger partial charge in [0, 0.05) is 42.7 Å². The number of rotatable bonds is 10. The first-order valence-electron chi connectivity index (χ1n) is 18.6. The summed E-state index contributed by atoms with van der Waals surface area (Å²) in [6.07, 6.45) is -0.162. The van der Waals surface area contributed by atoms with Crippen molar-refractivity contribution in [1.29, 1.82) is 0 Å². The molecule has 2 saturated heterocycles. The van der Waals surface area contributed by atoms with Crippen molar-refractivity contribution in [3.8, 4) is 11.1 Å². The van der Waals surface area contributed by atoms with Crippen molar-refractivity contribution in [2.75, 3.05) is 19.6 Å². The lowest BCUT2D eigenvalue weighted by atomic mass is 9.84. The number of hydrogen-bond acceptors (Lipinski definition) is 6. The molecule has 0 aliphatic carbocycles. The largest absolute Gasteiger partial charge is 0.392 e. The number of carbonyl (C=O) groups excluding carboxylic acids is 1. The van der Waals surface area contributed by atoms with Crippen LogP contribution in [-0.4, -0.2) is 46.8 Å². The highest BCUT2D eigenvalue weighted by atomic mass is 35.5. The average Bonchev–Trinajstić information content (AvgIpc) is 3.23. The predicted molar refractivity (Wildman–Crippen MR) is 203 cm³/mol. The molecule has 2 aliphatic rings. The number of halogens is 6. The summed E-state index contributed by atoms with van der Waals surface area (Å²) in [6.45, 7) is 3.74. The molecule has 0 spiro atoms. The van der Waals surface area contributed by atoms with E-state index < -0.39 is 52.4 Å². The lowest BCUT2D eigenvalue weighted by Crippen LogP contribution is -2.49. The molecule has 7 nitrogen and oxygen atoms in total. The number of nitrogens with one attached hydrogen (secondary N) is 1. The van der Waals surface area contributed by atoms with Crippen LogP contribution in [0.15, 0.2) is 97.1 Å². The fourth-order valence-electron chi connectivity index (χ4n) is 7.51. The van der Waals surface area contributed by atoms with Gasteiger partial charge in [-0.25, -0.2) is 22.0 Å². The van der Waals surface area contributed by atoms with Gasteiger partial charge >= 0.3 is 0 Å². The first-order valence-corrected chi connectivity index (χ1v) is 18.9. The maximum absolute atomic E-state index is 14.2. The highest BCUT2D eigenvalue weighted by Crippen LogP contribution is 2.43. The quantitative estimate of drug-likeness (QED) is 0.0743. The third kappa shape index (κ3) is 8.62. The van der Waals surface area contributed by atoms with Crippen molar-refractivity contribution in [3.05, 3.63) is 165 Å². The van der Waals surface area contributed by atoms with Crippen molar-refractivity contribution in [2.45, 2.75) is 57.0 Å². The summed E-state index contributed by atoms with van der Waals surface area (Å²) in [5.41, 5.74) is 2.93. The van der Waals surface area contributed by atoms with Gasteiger partial charge in [0.2, 0.25) is 5.82 Å². The lowest BCUT2D eigenvalue weighted by molar-refractivity contribution is -0.277. The van der Waals surface area contributed by atoms with E-state index in [1.165, 1.54) is 0 Å². The van der Waals surface area contributed by atoms with Gasteiger partial charge in [-0.1, -0.05) is 97.4 Å². The Balaban J connectivity index is 1.06. The molecule has 4 atom stereocenters. The Hall–Kier alpha value is -4.69. The molecule has 13 heteroatoms. The summed E-state index contributed by atoms with van der Waals surface area (Å²) < 4.78 is 82.5. The highest BCUT2D eigenvalue weighted by Gasteiger charge is 2.41. The predicted octanol–water partition coefficient (Wildman–Crippen LogP) is 8.90. The fraction of sp³-hybridized carbons (Fsp3) is 0.295. The second-order valence-electron chi connectivity index (χ2n) is 14.6. The van der Waals surface area contributed by atoms with Crippen LogP contribution in [0.1, 0.15) is 70.3 Å². The van der Waals surface area contributed by atoms with Gasteiger partial charge in [-0.2, -0.15) is 0 Å². The Kier molecular flexibility index (Phi) is 12.1. The molecule has 298 valence electrons. The molecule has 1 amide bonds. The normalized spacial score (nSPS) is 21.0. The molecule has 5 aromatic rings. The van der Waals surface area contributed by atoms with Gasteiger partial charge in [0.1, 0.15) is 5.56 Å². The summed E-state index contributed by atoms with van der Waals surface area (Å²) in [4.78, 5) is 14.8. The number of aliphatic hydroxyl groups is 2. The number of benzene rings is 5. The third-order valence-electron chi connectivity index (χ3n) is 11.0. The minimum Gasteiger partial charge on any atom is -0.392 e. The topological polar surface area (TPSA) is 91.3 Å². The molecule has 2 aliphatic heterocycles. The van der Waals surface area contributed by atoms with Crippen molar-refractivity contribution in [3.63, 3.8) is 0 Å². The zero-order valence-corrected chi connectivity index (χ0v) is 31.6. The van der Waals surface area contributed by atoms with Gasteiger partial charge in [0.25, 0.3) is 5.91 Å². The Morgan fingerprint density at radius 1 is 0.789 bits per heavy atom. The molecule has 2 heterocycles. The summed E-state index contributed by atoms with van der Waals surface area (Å²) in [7, 11) is 0. The van der Waals surface area contributed by atoms with Crippen LogP contribution < -0.4 is 5.32 Å². The first-order chi connectivity index (χ1) is 27.3. The Morgan fingerprint density at radius 2 is 1.40 bits per heavy atom. The highest BCUT2D eigenvalue weighted by molar-refractivity contribution is 6.30. The van der Waals surface area contributed by atoms with Gasteiger partial charge in [0.15, 0.2) is 29.6 Å². The van der Waals surface area contributed by atoms with E-state index in [1.54, 1.807) is 30.3 Å². The van der Waals surface area contributed by atoms with E-state index in [4.69, 9.17) is 21.1 Å². The molecule has 3 N–H and O–H groups in total. The molecule has 0 saturated carbocycles.